The van der Waals surface area contributed by atoms with Crippen LogP contribution in [-0.2, 0) is 0 Å². The van der Waals surface area contributed by atoms with Gasteiger partial charge in [-0.25, -0.2) is 0 Å². The first kappa shape index (κ1) is 12.4. The van der Waals surface area contributed by atoms with Crippen molar-refractivity contribution in [1.29, 1.82) is 5.26 Å². The minimum Gasteiger partial charge on any atom is -0.395 e. The van der Waals surface area contributed by atoms with E-state index in [1.54, 1.807) is 0 Å². The van der Waals surface area contributed by atoms with Gasteiger partial charge in [-0.1, -0.05) is 12.8 Å². The number of hydrogen-bond donors (Lipinski definition) is 1. The van der Waals surface area contributed by atoms with Gasteiger partial charge < -0.3 is 10.0 Å². The third-order valence-corrected chi connectivity index (χ3v) is 2.06. The summed E-state index contributed by atoms with van der Waals surface area (Å²) in [6.07, 6.45) is 5.23. The molecule has 0 saturated carbocycles. The van der Waals surface area contributed by atoms with Gasteiger partial charge in [-0.15, -0.1) is 0 Å². The van der Waals surface area contributed by atoms with Gasteiger partial charge in [0.1, 0.15) is 0 Å². The van der Waals surface area contributed by atoms with Crippen molar-refractivity contribution in [3.8, 4) is 6.07 Å². The Bertz CT molecular complexity index is 142. The van der Waals surface area contributed by atoms with Crippen molar-refractivity contribution in [2.45, 2.75) is 32.1 Å². The van der Waals surface area contributed by atoms with Crippen molar-refractivity contribution >= 4 is 0 Å². The number of hydrogen-bond acceptors (Lipinski definition) is 3. The number of aliphatic hydroxyl groups is 1. The van der Waals surface area contributed by atoms with Gasteiger partial charge in [-0.05, 0) is 26.4 Å². The summed E-state index contributed by atoms with van der Waals surface area (Å²) in [6, 6.07) is 2.14. The maximum Gasteiger partial charge on any atom is 0.0621 e. The van der Waals surface area contributed by atoms with Crippen LogP contribution >= 0.6 is 0 Å². The van der Waals surface area contributed by atoms with Gasteiger partial charge in [-0.2, -0.15) is 5.26 Å². The molecule has 13 heavy (non-hydrogen) atoms. The van der Waals surface area contributed by atoms with Crippen LogP contribution in [-0.4, -0.2) is 36.8 Å². The molecule has 0 aromatic rings. The molecule has 0 aliphatic carbocycles. The fraction of sp³-hybridized carbons (Fsp3) is 0.900. The summed E-state index contributed by atoms with van der Waals surface area (Å²) in [4.78, 5) is 2.13. The first-order valence-electron chi connectivity index (χ1n) is 4.97. The number of nitriles is 1. The quantitative estimate of drug-likeness (QED) is 0.580. The largest absolute Gasteiger partial charge is 0.395 e. The SMILES string of the molecule is CN(CCO)CCCCCCC#N. The van der Waals surface area contributed by atoms with Crippen LogP contribution in [0, 0.1) is 11.3 Å². The van der Waals surface area contributed by atoms with E-state index in [-0.39, 0.29) is 6.61 Å². The molecule has 76 valence electrons. The molecule has 0 atom stereocenters. The Morgan fingerprint density at radius 2 is 1.85 bits per heavy atom. The zero-order valence-electron chi connectivity index (χ0n) is 8.50. The van der Waals surface area contributed by atoms with E-state index in [1.165, 1.54) is 12.8 Å². The Hall–Kier alpha value is -0.590. The zero-order chi connectivity index (χ0) is 9.94. The molecule has 0 bridgehead atoms. The highest BCUT2D eigenvalue weighted by Gasteiger charge is 1.96. The van der Waals surface area contributed by atoms with Crippen LogP contribution in [0.3, 0.4) is 0 Å². The zero-order valence-corrected chi connectivity index (χ0v) is 8.50. The highest BCUT2D eigenvalue weighted by Crippen LogP contribution is 2.02. The topological polar surface area (TPSA) is 47.3 Å². The summed E-state index contributed by atoms with van der Waals surface area (Å²) >= 11 is 0. The van der Waals surface area contributed by atoms with E-state index < -0.39 is 0 Å². The Morgan fingerprint density at radius 3 is 2.46 bits per heavy atom. The summed E-state index contributed by atoms with van der Waals surface area (Å²) in [5.41, 5.74) is 0. The molecule has 3 heteroatoms. The number of nitrogens with zero attached hydrogens (tertiary/aromatic N) is 2. The molecule has 0 radical (unpaired) electrons. The molecule has 0 heterocycles. The molecular weight excluding hydrogens is 164 g/mol. The Morgan fingerprint density at radius 1 is 1.15 bits per heavy atom. The van der Waals surface area contributed by atoms with Crippen molar-refractivity contribution in [3.63, 3.8) is 0 Å². The predicted octanol–water partition coefficient (Wildman–Crippen LogP) is 1.38. The summed E-state index contributed by atoms with van der Waals surface area (Å²) in [5, 5.41) is 16.9. The maximum atomic E-state index is 8.63. The van der Waals surface area contributed by atoms with Crippen LogP contribution < -0.4 is 0 Å². The van der Waals surface area contributed by atoms with Crippen LogP contribution in [0.15, 0.2) is 0 Å². The molecular formula is C10H20N2O. The molecule has 0 aromatic carbocycles. The van der Waals surface area contributed by atoms with E-state index in [1.807, 2.05) is 7.05 Å². The Labute approximate surface area is 81.0 Å². The van der Waals surface area contributed by atoms with Crippen LogP contribution in [0.25, 0.3) is 0 Å². The lowest BCUT2D eigenvalue weighted by Gasteiger charge is -2.14. The van der Waals surface area contributed by atoms with Crippen molar-refractivity contribution in [3.05, 3.63) is 0 Å². The summed E-state index contributed by atoms with van der Waals surface area (Å²) in [6.45, 7) is 2.05. The molecule has 0 aliphatic heterocycles. The molecule has 0 rings (SSSR count). The van der Waals surface area contributed by atoms with Crippen LogP contribution in [0.2, 0.25) is 0 Å². The van der Waals surface area contributed by atoms with Crippen molar-refractivity contribution in [2.24, 2.45) is 0 Å². The van der Waals surface area contributed by atoms with Crippen LogP contribution in [0.5, 0.6) is 0 Å². The lowest BCUT2D eigenvalue weighted by Crippen LogP contribution is -2.23. The lowest BCUT2D eigenvalue weighted by molar-refractivity contribution is 0.219. The van der Waals surface area contributed by atoms with E-state index in [4.69, 9.17) is 10.4 Å². The fourth-order valence-electron chi connectivity index (χ4n) is 1.22. The molecule has 1 N–H and O–H groups in total. The molecule has 0 aromatic heterocycles. The number of rotatable bonds is 8. The van der Waals surface area contributed by atoms with Crippen LogP contribution in [0.1, 0.15) is 32.1 Å². The lowest BCUT2D eigenvalue weighted by atomic mass is 10.1. The summed E-state index contributed by atoms with van der Waals surface area (Å²) < 4.78 is 0. The van der Waals surface area contributed by atoms with E-state index in [2.05, 4.69) is 11.0 Å². The summed E-state index contributed by atoms with van der Waals surface area (Å²) in [7, 11) is 2.02. The smallest absolute Gasteiger partial charge is 0.0621 e. The van der Waals surface area contributed by atoms with Gasteiger partial charge in [0.25, 0.3) is 0 Å². The predicted molar refractivity (Wildman–Crippen MR) is 53.3 cm³/mol. The van der Waals surface area contributed by atoms with E-state index >= 15 is 0 Å². The fourth-order valence-corrected chi connectivity index (χ4v) is 1.22. The van der Waals surface area contributed by atoms with Crippen molar-refractivity contribution in [2.75, 3.05) is 26.7 Å². The second-order valence-corrected chi connectivity index (χ2v) is 3.35. The molecule has 0 fully saturated rings. The average molecular weight is 184 g/mol. The molecule has 3 nitrogen and oxygen atoms in total. The number of unbranched alkanes of at least 4 members (excludes halogenated alkanes) is 4. The van der Waals surface area contributed by atoms with Gasteiger partial charge in [0.15, 0.2) is 0 Å². The first-order valence-corrected chi connectivity index (χ1v) is 4.97. The second-order valence-electron chi connectivity index (χ2n) is 3.35. The molecule has 0 spiro atoms. The van der Waals surface area contributed by atoms with Gasteiger partial charge in [0.05, 0.1) is 12.7 Å². The van der Waals surface area contributed by atoms with Gasteiger partial charge in [0, 0.05) is 13.0 Å². The van der Waals surface area contributed by atoms with Crippen LogP contribution in [0.4, 0.5) is 0 Å². The highest BCUT2D eigenvalue weighted by molar-refractivity contribution is 4.67. The number of likely N-dealkylation sites (N-methyl/N-ethyl adjacent to an activating group) is 1. The van der Waals surface area contributed by atoms with E-state index in [0.717, 1.165) is 25.9 Å². The minimum atomic E-state index is 0.241. The van der Waals surface area contributed by atoms with E-state index in [9.17, 15) is 0 Å². The van der Waals surface area contributed by atoms with Crippen molar-refractivity contribution < 1.29 is 5.11 Å². The first-order chi connectivity index (χ1) is 6.31. The normalized spacial score (nSPS) is 10.3. The van der Waals surface area contributed by atoms with Gasteiger partial charge in [0.2, 0.25) is 0 Å². The monoisotopic (exact) mass is 184 g/mol. The second kappa shape index (κ2) is 9.50. The Kier molecular flexibility index (Phi) is 9.07. The van der Waals surface area contributed by atoms with Crippen molar-refractivity contribution in [1.82, 2.24) is 4.90 Å². The van der Waals surface area contributed by atoms with Gasteiger partial charge in [-0.3, -0.25) is 0 Å². The maximum absolute atomic E-state index is 8.63. The summed E-state index contributed by atoms with van der Waals surface area (Å²) in [5.74, 6) is 0. The molecule has 0 saturated heterocycles. The number of aliphatic hydroxyl groups excluding tert-OH is 1. The highest BCUT2D eigenvalue weighted by atomic mass is 16.3. The standard InChI is InChI=1S/C10H20N2O/c1-12(9-10-13)8-6-4-2-3-5-7-11/h13H,2-6,8-10H2,1H3. The third kappa shape index (κ3) is 9.32. The average Bonchev–Trinajstić information content (AvgIpc) is 2.11. The third-order valence-electron chi connectivity index (χ3n) is 2.06. The van der Waals surface area contributed by atoms with Gasteiger partial charge >= 0.3 is 0 Å². The Balaban J connectivity index is 3.03. The molecule has 0 unspecified atom stereocenters. The van der Waals surface area contributed by atoms with E-state index in [0.29, 0.717) is 6.42 Å². The molecule has 0 amide bonds. The minimum absolute atomic E-state index is 0.241. The molecule has 0 aliphatic rings.